The van der Waals surface area contributed by atoms with Gasteiger partial charge in [-0.05, 0) is 17.7 Å². The van der Waals surface area contributed by atoms with E-state index in [9.17, 15) is 9.18 Å². The summed E-state index contributed by atoms with van der Waals surface area (Å²) in [7, 11) is 1.50. The average Bonchev–Trinajstić information content (AvgIpc) is 2.39. The molecule has 0 saturated carbocycles. The van der Waals surface area contributed by atoms with Crippen LogP contribution >= 0.6 is 0 Å². The summed E-state index contributed by atoms with van der Waals surface area (Å²) >= 11 is 0. The van der Waals surface area contributed by atoms with Crippen molar-refractivity contribution >= 4 is 5.91 Å². The maximum Gasteiger partial charge on any atom is 0.248 e. The molecular formula is C13H17FN2O2. The molecule has 1 amide bonds. The second kappa shape index (κ2) is 5.93. The Labute approximate surface area is 106 Å². The van der Waals surface area contributed by atoms with E-state index in [-0.39, 0.29) is 24.4 Å². The molecule has 1 atom stereocenters. The minimum Gasteiger partial charge on any atom is -0.375 e. The SMILES string of the molecule is COCC(=O)N1CCNC(c2cccc(F)c2)C1. The van der Waals surface area contributed by atoms with Crippen LogP contribution in [-0.2, 0) is 9.53 Å². The molecule has 18 heavy (non-hydrogen) atoms. The zero-order chi connectivity index (χ0) is 13.0. The van der Waals surface area contributed by atoms with Gasteiger partial charge in [-0.2, -0.15) is 0 Å². The molecule has 0 aliphatic carbocycles. The highest BCUT2D eigenvalue weighted by molar-refractivity contribution is 5.77. The number of rotatable bonds is 3. The van der Waals surface area contributed by atoms with E-state index < -0.39 is 0 Å². The first-order chi connectivity index (χ1) is 8.70. The first-order valence-corrected chi connectivity index (χ1v) is 5.96. The van der Waals surface area contributed by atoms with Gasteiger partial charge in [-0.15, -0.1) is 0 Å². The van der Waals surface area contributed by atoms with Gasteiger partial charge in [-0.25, -0.2) is 4.39 Å². The molecule has 1 aliphatic rings. The Balaban J connectivity index is 2.04. The lowest BCUT2D eigenvalue weighted by Crippen LogP contribution is -2.49. The molecule has 0 radical (unpaired) electrons. The largest absolute Gasteiger partial charge is 0.375 e. The first kappa shape index (κ1) is 13.0. The van der Waals surface area contributed by atoms with Crippen molar-refractivity contribution in [3.63, 3.8) is 0 Å². The van der Waals surface area contributed by atoms with Gasteiger partial charge in [-0.1, -0.05) is 12.1 Å². The highest BCUT2D eigenvalue weighted by Crippen LogP contribution is 2.18. The Morgan fingerprint density at radius 2 is 2.44 bits per heavy atom. The number of methoxy groups -OCH3 is 1. The number of piperazine rings is 1. The molecule has 0 bridgehead atoms. The molecule has 2 rings (SSSR count). The molecule has 1 aromatic carbocycles. The van der Waals surface area contributed by atoms with Crippen LogP contribution in [0.15, 0.2) is 24.3 Å². The van der Waals surface area contributed by atoms with Gasteiger partial charge in [0.25, 0.3) is 0 Å². The number of ether oxygens (including phenoxy) is 1. The normalized spacial score (nSPS) is 19.9. The van der Waals surface area contributed by atoms with E-state index in [1.807, 2.05) is 6.07 Å². The highest BCUT2D eigenvalue weighted by atomic mass is 19.1. The van der Waals surface area contributed by atoms with Crippen LogP contribution < -0.4 is 5.32 Å². The third-order valence-corrected chi connectivity index (χ3v) is 3.05. The van der Waals surface area contributed by atoms with Crippen molar-refractivity contribution in [2.75, 3.05) is 33.4 Å². The molecule has 1 saturated heterocycles. The number of hydrogen-bond acceptors (Lipinski definition) is 3. The number of hydrogen-bond donors (Lipinski definition) is 1. The number of carbonyl (C=O) groups is 1. The maximum atomic E-state index is 13.2. The number of carbonyl (C=O) groups excluding carboxylic acids is 1. The summed E-state index contributed by atoms with van der Waals surface area (Å²) in [4.78, 5) is 13.5. The third-order valence-electron chi connectivity index (χ3n) is 3.05. The van der Waals surface area contributed by atoms with Crippen LogP contribution in [0.25, 0.3) is 0 Å². The van der Waals surface area contributed by atoms with Gasteiger partial charge in [0.1, 0.15) is 12.4 Å². The predicted molar refractivity (Wildman–Crippen MR) is 65.6 cm³/mol. The van der Waals surface area contributed by atoms with Crippen LogP contribution in [0.4, 0.5) is 4.39 Å². The maximum absolute atomic E-state index is 13.2. The lowest BCUT2D eigenvalue weighted by Gasteiger charge is -2.33. The molecule has 0 aromatic heterocycles. The number of nitrogens with zero attached hydrogens (tertiary/aromatic N) is 1. The summed E-state index contributed by atoms with van der Waals surface area (Å²) in [6.07, 6.45) is 0. The quantitative estimate of drug-likeness (QED) is 0.870. The van der Waals surface area contributed by atoms with E-state index in [1.165, 1.54) is 19.2 Å². The van der Waals surface area contributed by atoms with E-state index >= 15 is 0 Å². The van der Waals surface area contributed by atoms with Gasteiger partial charge in [0.15, 0.2) is 0 Å². The van der Waals surface area contributed by atoms with Crippen molar-refractivity contribution < 1.29 is 13.9 Å². The van der Waals surface area contributed by atoms with Gasteiger partial charge in [0.2, 0.25) is 5.91 Å². The monoisotopic (exact) mass is 252 g/mol. The second-order valence-corrected chi connectivity index (χ2v) is 4.33. The van der Waals surface area contributed by atoms with E-state index in [4.69, 9.17) is 4.74 Å². The molecular weight excluding hydrogens is 235 g/mol. The summed E-state index contributed by atoms with van der Waals surface area (Å²) in [5.41, 5.74) is 0.866. The lowest BCUT2D eigenvalue weighted by atomic mass is 10.0. The van der Waals surface area contributed by atoms with Crippen molar-refractivity contribution in [2.24, 2.45) is 0 Å². The molecule has 98 valence electrons. The zero-order valence-corrected chi connectivity index (χ0v) is 10.4. The van der Waals surface area contributed by atoms with Gasteiger partial charge >= 0.3 is 0 Å². The molecule has 1 heterocycles. The average molecular weight is 252 g/mol. The summed E-state index contributed by atoms with van der Waals surface area (Å²) in [6.45, 7) is 2.01. The fourth-order valence-corrected chi connectivity index (χ4v) is 2.14. The Kier molecular flexibility index (Phi) is 4.28. The van der Waals surface area contributed by atoms with Crippen LogP contribution in [-0.4, -0.2) is 44.2 Å². The number of halogens is 1. The Morgan fingerprint density at radius 3 is 3.17 bits per heavy atom. The first-order valence-electron chi connectivity index (χ1n) is 5.96. The van der Waals surface area contributed by atoms with E-state index in [0.717, 1.165) is 5.56 Å². The van der Waals surface area contributed by atoms with Crippen molar-refractivity contribution in [3.8, 4) is 0 Å². The van der Waals surface area contributed by atoms with Crippen molar-refractivity contribution in [1.29, 1.82) is 0 Å². The second-order valence-electron chi connectivity index (χ2n) is 4.33. The fraction of sp³-hybridized carbons (Fsp3) is 0.462. The van der Waals surface area contributed by atoms with Gasteiger partial charge in [0.05, 0.1) is 6.04 Å². The van der Waals surface area contributed by atoms with E-state index in [0.29, 0.717) is 19.6 Å². The minimum atomic E-state index is -0.255. The molecule has 1 fully saturated rings. The third kappa shape index (κ3) is 3.05. The van der Waals surface area contributed by atoms with Crippen molar-refractivity contribution in [3.05, 3.63) is 35.6 Å². The Hall–Kier alpha value is -1.46. The molecule has 1 unspecified atom stereocenters. The number of benzene rings is 1. The summed E-state index contributed by atoms with van der Waals surface area (Å²) < 4.78 is 18.0. The Bertz CT molecular complexity index is 425. The van der Waals surface area contributed by atoms with Gasteiger partial charge in [0, 0.05) is 26.7 Å². The van der Waals surface area contributed by atoms with Crippen LogP contribution in [0, 0.1) is 5.82 Å². The molecule has 1 aliphatic heterocycles. The van der Waals surface area contributed by atoms with Crippen LogP contribution in [0.1, 0.15) is 11.6 Å². The topological polar surface area (TPSA) is 41.6 Å². The zero-order valence-electron chi connectivity index (χ0n) is 10.4. The van der Waals surface area contributed by atoms with E-state index in [2.05, 4.69) is 5.32 Å². The summed E-state index contributed by atoms with van der Waals surface area (Å²) in [6, 6.07) is 6.45. The smallest absolute Gasteiger partial charge is 0.248 e. The van der Waals surface area contributed by atoms with Crippen molar-refractivity contribution in [2.45, 2.75) is 6.04 Å². The summed E-state index contributed by atoms with van der Waals surface area (Å²) in [5, 5.41) is 3.29. The number of amides is 1. The molecule has 0 spiro atoms. The van der Waals surface area contributed by atoms with Crippen LogP contribution in [0.5, 0.6) is 0 Å². The summed E-state index contributed by atoms with van der Waals surface area (Å²) in [5.74, 6) is -0.282. The van der Waals surface area contributed by atoms with Crippen LogP contribution in [0.2, 0.25) is 0 Å². The minimum absolute atomic E-state index is 0.0183. The molecule has 1 N–H and O–H groups in total. The molecule has 4 nitrogen and oxygen atoms in total. The fourth-order valence-electron chi connectivity index (χ4n) is 2.14. The number of nitrogens with one attached hydrogen (secondary N) is 1. The van der Waals surface area contributed by atoms with Crippen molar-refractivity contribution in [1.82, 2.24) is 10.2 Å². The van der Waals surface area contributed by atoms with E-state index in [1.54, 1.807) is 11.0 Å². The van der Waals surface area contributed by atoms with Crippen LogP contribution in [0.3, 0.4) is 0 Å². The Morgan fingerprint density at radius 1 is 1.61 bits per heavy atom. The lowest BCUT2D eigenvalue weighted by molar-refractivity contribution is -0.136. The molecule has 1 aromatic rings. The molecule has 5 heteroatoms. The van der Waals surface area contributed by atoms with Gasteiger partial charge in [-0.3, -0.25) is 4.79 Å². The highest BCUT2D eigenvalue weighted by Gasteiger charge is 2.24. The predicted octanol–water partition coefficient (Wildman–Crippen LogP) is 0.945. The standard InChI is InChI=1S/C13H17FN2O2/c1-18-9-13(17)16-6-5-15-12(8-16)10-3-2-4-11(14)7-10/h2-4,7,12,15H,5-6,8-9H2,1H3. The van der Waals surface area contributed by atoms with Gasteiger partial charge < -0.3 is 15.0 Å².